The van der Waals surface area contributed by atoms with Gasteiger partial charge in [0.1, 0.15) is 0 Å². The van der Waals surface area contributed by atoms with Crippen LogP contribution in [0, 0.1) is 10.1 Å². The second kappa shape index (κ2) is 7.96. The van der Waals surface area contributed by atoms with E-state index in [9.17, 15) is 19.7 Å². The molecule has 0 radical (unpaired) electrons. The van der Waals surface area contributed by atoms with E-state index in [2.05, 4.69) is 5.32 Å². The van der Waals surface area contributed by atoms with Gasteiger partial charge in [-0.05, 0) is 37.3 Å². The van der Waals surface area contributed by atoms with E-state index in [0.717, 1.165) is 0 Å². The Bertz CT molecular complexity index is 824. The van der Waals surface area contributed by atoms with Crippen LogP contribution in [0.15, 0.2) is 42.5 Å². The molecule has 0 aromatic heterocycles. The van der Waals surface area contributed by atoms with E-state index in [1.54, 1.807) is 6.07 Å². The summed E-state index contributed by atoms with van der Waals surface area (Å²) in [6, 6.07) is 9.40. The van der Waals surface area contributed by atoms with Crippen molar-refractivity contribution in [2.24, 2.45) is 0 Å². The molecule has 0 saturated carbocycles. The minimum absolute atomic E-state index is 0.0889. The molecule has 2 rings (SSSR count). The van der Waals surface area contributed by atoms with Crippen LogP contribution in [0.3, 0.4) is 0 Å². The number of hydrogen-bond acceptors (Lipinski definition) is 5. The van der Waals surface area contributed by atoms with Crippen molar-refractivity contribution in [2.45, 2.75) is 13.0 Å². The Hall–Kier alpha value is -2.64. The third-order valence-corrected chi connectivity index (χ3v) is 3.72. The molecule has 2 aromatic rings. The molecule has 1 N–H and O–H groups in total. The maximum absolute atomic E-state index is 12.1. The summed E-state index contributed by atoms with van der Waals surface area (Å²) in [6.45, 7) is 1.39. The third-order valence-electron chi connectivity index (χ3n) is 3.15. The number of nitro benzene ring substituents is 1. The van der Waals surface area contributed by atoms with Crippen molar-refractivity contribution in [1.82, 2.24) is 0 Å². The molecule has 25 heavy (non-hydrogen) atoms. The van der Waals surface area contributed by atoms with Crippen LogP contribution in [-0.2, 0) is 9.53 Å². The van der Waals surface area contributed by atoms with Crippen LogP contribution in [-0.4, -0.2) is 22.9 Å². The number of rotatable bonds is 5. The first-order chi connectivity index (χ1) is 11.8. The van der Waals surface area contributed by atoms with Crippen LogP contribution in [0.25, 0.3) is 0 Å². The highest BCUT2D eigenvalue weighted by atomic mass is 35.5. The van der Waals surface area contributed by atoms with Crippen molar-refractivity contribution in [2.75, 3.05) is 5.32 Å². The number of anilines is 1. The average molecular weight is 383 g/mol. The number of carbonyl (C=O) groups is 2. The molecule has 0 saturated heterocycles. The van der Waals surface area contributed by atoms with Crippen molar-refractivity contribution < 1.29 is 19.2 Å². The zero-order valence-electron chi connectivity index (χ0n) is 12.9. The van der Waals surface area contributed by atoms with Gasteiger partial charge in [-0.25, -0.2) is 4.79 Å². The summed E-state index contributed by atoms with van der Waals surface area (Å²) in [5, 5.41) is 13.8. The van der Waals surface area contributed by atoms with Gasteiger partial charge in [-0.3, -0.25) is 14.9 Å². The SMILES string of the molecule is C[C@H](OC(=O)c1ccc([N+](=O)[O-])cc1)C(=O)Nc1cc(Cl)ccc1Cl. The number of halogens is 2. The van der Waals surface area contributed by atoms with Gasteiger partial charge >= 0.3 is 5.97 Å². The summed E-state index contributed by atoms with van der Waals surface area (Å²) in [5.41, 5.74) is 0.223. The van der Waals surface area contributed by atoms with Crippen molar-refractivity contribution >= 4 is 46.5 Å². The molecule has 0 unspecified atom stereocenters. The molecule has 1 atom stereocenters. The van der Waals surface area contributed by atoms with Crippen molar-refractivity contribution in [3.05, 3.63) is 68.2 Å². The lowest BCUT2D eigenvalue weighted by Crippen LogP contribution is -2.30. The number of non-ortho nitro benzene ring substituents is 1. The Labute approximate surface area is 152 Å². The number of esters is 1. The highest BCUT2D eigenvalue weighted by molar-refractivity contribution is 6.35. The maximum Gasteiger partial charge on any atom is 0.338 e. The molecule has 0 aliphatic heterocycles. The zero-order chi connectivity index (χ0) is 18.6. The summed E-state index contributed by atoms with van der Waals surface area (Å²) in [4.78, 5) is 34.1. The van der Waals surface area contributed by atoms with Gasteiger partial charge in [0.15, 0.2) is 6.10 Å². The van der Waals surface area contributed by atoms with Crippen LogP contribution in [0.1, 0.15) is 17.3 Å². The minimum Gasteiger partial charge on any atom is -0.449 e. The predicted molar refractivity (Wildman–Crippen MR) is 93.1 cm³/mol. The van der Waals surface area contributed by atoms with Crippen LogP contribution in [0.2, 0.25) is 10.0 Å². The summed E-state index contributed by atoms with van der Waals surface area (Å²) < 4.78 is 5.04. The number of carbonyl (C=O) groups excluding carboxylic acids is 2. The average Bonchev–Trinajstić information content (AvgIpc) is 2.58. The fraction of sp³-hybridized carbons (Fsp3) is 0.125. The Morgan fingerprint density at radius 3 is 2.40 bits per heavy atom. The topological polar surface area (TPSA) is 98.5 Å². The van der Waals surface area contributed by atoms with Crippen LogP contribution < -0.4 is 5.32 Å². The number of nitrogens with one attached hydrogen (secondary N) is 1. The van der Waals surface area contributed by atoms with E-state index in [1.807, 2.05) is 0 Å². The van der Waals surface area contributed by atoms with E-state index in [-0.39, 0.29) is 22.0 Å². The smallest absolute Gasteiger partial charge is 0.338 e. The van der Waals surface area contributed by atoms with E-state index in [1.165, 1.54) is 43.3 Å². The van der Waals surface area contributed by atoms with Gasteiger partial charge in [-0.1, -0.05) is 23.2 Å². The van der Waals surface area contributed by atoms with Gasteiger partial charge < -0.3 is 10.1 Å². The zero-order valence-corrected chi connectivity index (χ0v) is 14.4. The van der Waals surface area contributed by atoms with Gasteiger partial charge in [0.05, 0.1) is 21.2 Å². The number of nitro groups is 1. The number of hydrogen-bond donors (Lipinski definition) is 1. The summed E-state index contributed by atoms with van der Waals surface area (Å²) in [5.74, 6) is -1.38. The molecule has 0 aliphatic carbocycles. The molecule has 0 heterocycles. The fourth-order valence-electron chi connectivity index (χ4n) is 1.83. The maximum atomic E-state index is 12.1. The summed E-state index contributed by atoms with van der Waals surface area (Å²) >= 11 is 11.8. The van der Waals surface area contributed by atoms with Gasteiger partial charge in [0.25, 0.3) is 11.6 Å². The highest BCUT2D eigenvalue weighted by Gasteiger charge is 2.20. The van der Waals surface area contributed by atoms with Crippen LogP contribution >= 0.6 is 23.2 Å². The van der Waals surface area contributed by atoms with E-state index < -0.39 is 22.9 Å². The molecule has 9 heteroatoms. The lowest BCUT2D eigenvalue weighted by atomic mass is 10.2. The molecule has 7 nitrogen and oxygen atoms in total. The highest BCUT2D eigenvalue weighted by Crippen LogP contribution is 2.25. The normalized spacial score (nSPS) is 11.5. The standard InChI is InChI=1S/C16H12Cl2N2O5/c1-9(15(21)19-14-8-11(17)4-7-13(14)18)25-16(22)10-2-5-12(6-3-10)20(23)24/h2-9H,1H3,(H,19,21)/t9-/m0/s1. The fourth-order valence-corrected chi connectivity index (χ4v) is 2.17. The van der Waals surface area contributed by atoms with Gasteiger partial charge in [0, 0.05) is 17.2 Å². The summed E-state index contributed by atoms with van der Waals surface area (Å²) in [6.07, 6.45) is -1.11. The van der Waals surface area contributed by atoms with Gasteiger partial charge in [-0.2, -0.15) is 0 Å². The van der Waals surface area contributed by atoms with Crippen molar-refractivity contribution in [3.63, 3.8) is 0 Å². The Morgan fingerprint density at radius 2 is 1.80 bits per heavy atom. The number of benzene rings is 2. The number of ether oxygens (including phenoxy) is 1. The Morgan fingerprint density at radius 1 is 1.16 bits per heavy atom. The predicted octanol–water partition coefficient (Wildman–Crippen LogP) is 4.09. The van der Waals surface area contributed by atoms with Crippen LogP contribution in [0.4, 0.5) is 11.4 Å². The molecule has 0 bridgehead atoms. The van der Waals surface area contributed by atoms with Crippen LogP contribution in [0.5, 0.6) is 0 Å². The minimum atomic E-state index is -1.11. The second-order valence-electron chi connectivity index (χ2n) is 4.96. The molecular weight excluding hydrogens is 371 g/mol. The quantitative estimate of drug-likeness (QED) is 0.477. The lowest BCUT2D eigenvalue weighted by molar-refractivity contribution is -0.384. The van der Waals surface area contributed by atoms with Gasteiger partial charge in [-0.15, -0.1) is 0 Å². The Kier molecular flexibility index (Phi) is 5.95. The van der Waals surface area contributed by atoms with E-state index in [0.29, 0.717) is 5.02 Å². The van der Waals surface area contributed by atoms with E-state index in [4.69, 9.17) is 27.9 Å². The third kappa shape index (κ3) is 4.91. The first-order valence-electron chi connectivity index (χ1n) is 6.99. The van der Waals surface area contributed by atoms with Gasteiger partial charge in [0.2, 0.25) is 0 Å². The first kappa shape index (κ1) is 18.7. The number of nitrogens with zero attached hydrogens (tertiary/aromatic N) is 1. The molecule has 0 fully saturated rings. The first-order valence-corrected chi connectivity index (χ1v) is 7.75. The molecule has 2 aromatic carbocycles. The Balaban J connectivity index is 2.01. The van der Waals surface area contributed by atoms with E-state index >= 15 is 0 Å². The monoisotopic (exact) mass is 382 g/mol. The molecule has 1 amide bonds. The van der Waals surface area contributed by atoms with Crippen molar-refractivity contribution in [3.8, 4) is 0 Å². The molecule has 130 valence electrons. The largest absolute Gasteiger partial charge is 0.449 e. The summed E-state index contributed by atoms with van der Waals surface area (Å²) in [7, 11) is 0. The van der Waals surface area contributed by atoms with Crippen molar-refractivity contribution in [1.29, 1.82) is 0 Å². The molecular formula is C16H12Cl2N2O5. The molecule has 0 spiro atoms. The second-order valence-corrected chi connectivity index (χ2v) is 5.81. The molecule has 0 aliphatic rings. The number of amides is 1. The lowest BCUT2D eigenvalue weighted by Gasteiger charge is -2.14.